The van der Waals surface area contributed by atoms with Crippen molar-refractivity contribution in [3.63, 3.8) is 0 Å². The van der Waals surface area contributed by atoms with E-state index in [0.717, 1.165) is 16.7 Å². The summed E-state index contributed by atoms with van der Waals surface area (Å²) in [6, 6.07) is 7.30. The van der Waals surface area contributed by atoms with Crippen LogP contribution in [0, 0.1) is 0 Å². The first kappa shape index (κ1) is 14.3. The van der Waals surface area contributed by atoms with Crippen LogP contribution in [0.15, 0.2) is 36.7 Å². The minimum absolute atomic E-state index is 0.0381. The number of aromatic nitrogens is 1. The Hall–Kier alpha value is -2.60. The van der Waals surface area contributed by atoms with Crippen LogP contribution < -0.4 is 10.5 Å². The van der Waals surface area contributed by atoms with Crippen LogP contribution in [0.3, 0.4) is 0 Å². The molecule has 114 valence electrons. The summed E-state index contributed by atoms with van der Waals surface area (Å²) < 4.78 is 5.59. The fourth-order valence-corrected chi connectivity index (χ4v) is 2.54. The highest BCUT2D eigenvalue weighted by Crippen LogP contribution is 2.37. The number of aromatic hydroxyl groups is 1. The number of carbonyl (C=O) groups excluding carboxylic acids is 1. The highest BCUT2D eigenvalue weighted by molar-refractivity contribution is 5.78. The molecule has 1 aromatic carbocycles. The van der Waals surface area contributed by atoms with Gasteiger partial charge in [0.05, 0.1) is 13.1 Å². The summed E-state index contributed by atoms with van der Waals surface area (Å²) in [4.78, 5) is 17.6. The number of phenols is 1. The van der Waals surface area contributed by atoms with Gasteiger partial charge in [-0.15, -0.1) is 0 Å². The van der Waals surface area contributed by atoms with Crippen molar-refractivity contribution in [3.05, 3.63) is 42.2 Å². The van der Waals surface area contributed by atoms with Crippen molar-refractivity contribution >= 4 is 5.91 Å². The van der Waals surface area contributed by atoms with Gasteiger partial charge in [-0.3, -0.25) is 9.78 Å². The van der Waals surface area contributed by atoms with Gasteiger partial charge in [-0.1, -0.05) is 6.07 Å². The number of ether oxygens (including phenoxy) is 1. The van der Waals surface area contributed by atoms with Crippen molar-refractivity contribution < 1.29 is 14.6 Å². The van der Waals surface area contributed by atoms with Gasteiger partial charge in [-0.2, -0.15) is 0 Å². The monoisotopic (exact) mass is 299 g/mol. The first-order valence-corrected chi connectivity index (χ1v) is 7.06. The number of amides is 1. The molecule has 1 amide bonds. The number of benzene rings is 1. The molecule has 2 heterocycles. The fraction of sp³-hybridized carbons (Fsp3) is 0.250. The molecule has 22 heavy (non-hydrogen) atoms. The van der Waals surface area contributed by atoms with E-state index >= 15 is 0 Å². The Morgan fingerprint density at radius 3 is 3.00 bits per heavy atom. The molecule has 0 bridgehead atoms. The Kier molecular flexibility index (Phi) is 3.93. The van der Waals surface area contributed by atoms with Crippen molar-refractivity contribution in [2.45, 2.75) is 6.54 Å². The first-order valence-electron chi connectivity index (χ1n) is 7.06. The van der Waals surface area contributed by atoms with E-state index in [9.17, 15) is 9.90 Å². The summed E-state index contributed by atoms with van der Waals surface area (Å²) in [5.74, 6) is 0.362. The Bertz CT molecular complexity index is 689. The molecule has 0 fully saturated rings. The number of phenolic OH excluding ortho intramolecular Hbond substituents is 1. The lowest BCUT2D eigenvalue weighted by molar-refractivity contribution is -0.130. The minimum Gasteiger partial charge on any atom is -0.504 e. The topological polar surface area (TPSA) is 88.7 Å². The molecule has 0 radical (unpaired) electrons. The van der Waals surface area contributed by atoms with Crippen LogP contribution >= 0.6 is 0 Å². The molecule has 0 saturated heterocycles. The Balaban J connectivity index is 2.01. The number of fused-ring (bicyclic) bond motifs is 1. The quantitative estimate of drug-likeness (QED) is 0.868. The van der Waals surface area contributed by atoms with Crippen molar-refractivity contribution in [1.29, 1.82) is 0 Å². The molecular weight excluding hydrogens is 282 g/mol. The van der Waals surface area contributed by atoms with Crippen LogP contribution in [0.1, 0.15) is 5.56 Å². The van der Waals surface area contributed by atoms with Crippen molar-refractivity contribution in [2.75, 3.05) is 19.7 Å². The summed E-state index contributed by atoms with van der Waals surface area (Å²) in [6.07, 6.45) is 3.42. The summed E-state index contributed by atoms with van der Waals surface area (Å²) in [7, 11) is 0. The van der Waals surface area contributed by atoms with Gasteiger partial charge in [0.15, 0.2) is 11.5 Å². The number of rotatable bonds is 2. The molecule has 2 aromatic rings. The highest BCUT2D eigenvalue weighted by Gasteiger charge is 2.22. The number of pyridine rings is 1. The predicted octanol–water partition coefficient (Wildman–Crippen LogP) is 1.13. The third-order valence-electron chi connectivity index (χ3n) is 3.64. The van der Waals surface area contributed by atoms with Gasteiger partial charge in [0.1, 0.15) is 6.61 Å². The lowest BCUT2D eigenvalue weighted by Gasteiger charge is -2.19. The highest BCUT2D eigenvalue weighted by atomic mass is 16.5. The fourth-order valence-electron chi connectivity index (χ4n) is 2.54. The summed E-state index contributed by atoms with van der Waals surface area (Å²) in [5, 5.41) is 10.2. The van der Waals surface area contributed by atoms with Crippen LogP contribution in [-0.4, -0.2) is 40.6 Å². The lowest BCUT2D eigenvalue weighted by atomic mass is 10.0. The molecular formula is C16H17N3O3. The number of carbonyl (C=O) groups is 1. The van der Waals surface area contributed by atoms with Gasteiger partial charge in [0.2, 0.25) is 5.91 Å². The van der Waals surface area contributed by atoms with E-state index in [-0.39, 0.29) is 18.2 Å². The normalized spacial score (nSPS) is 14.0. The maximum Gasteiger partial charge on any atom is 0.236 e. The Labute approximate surface area is 128 Å². The van der Waals surface area contributed by atoms with E-state index in [2.05, 4.69) is 4.98 Å². The maximum absolute atomic E-state index is 11.8. The van der Waals surface area contributed by atoms with Crippen LogP contribution in [0.2, 0.25) is 0 Å². The van der Waals surface area contributed by atoms with Crippen LogP contribution in [0.5, 0.6) is 11.5 Å². The van der Waals surface area contributed by atoms with E-state index in [1.54, 1.807) is 23.4 Å². The zero-order valence-corrected chi connectivity index (χ0v) is 12.0. The molecule has 1 aliphatic heterocycles. The molecule has 3 N–H and O–H groups in total. The van der Waals surface area contributed by atoms with E-state index < -0.39 is 0 Å². The van der Waals surface area contributed by atoms with Gasteiger partial charge in [0.25, 0.3) is 0 Å². The van der Waals surface area contributed by atoms with Crippen LogP contribution in [0.4, 0.5) is 0 Å². The predicted molar refractivity (Wildman–Crippen MR) is 81.3 cm³/mol. The molecule has 0 unspecified atom stereocenters. The van der Waals surface area contributed by atoms with E-state index in [0.29, 0.717) is 25.4 Å². The summed E-state index contributed by atoms with van der Waals surface area (Å²) in [6.45, 7) is 1.11. The van der Waals surface area contributed by atoms with Crippen molar-refractivity contribution in [1.82, 2.24) is 9.88 Å². The molecule has 6 heteroatoms. The van der Waals surface area contributed by atoms with Gasteiger partial charge in [-0.25, -0.2) is 0 Å². The molecule has 1 aromatic heterocycles. The Morgan fingerprint density at radius 2 is 2.27 bits per heavy atom. The molecule has 0 aliphatic carbocycles. The van der Waals surface area contributed by atoms with Gasteiger partial charge < -0.3 is 20.5 Å². The number of hydrogen-bond acceptors (Lipinski definition) is 5. The molecule has 0 atom stereocenters. The largest absolute Gasteiger partial charge is 0.504 e. The van der Waals surface area contributed by atoms with Crippen LogP contribution in [0.25, 0.3) is 11.1 Å². The SMILES string of the molecule is NCC(=O)N1CCOc2c(O)cc(-c3cccnc3)cc2C1. The zero-order valence-electron chi connectivity index (χ0n) is 12.0. The second kappa shape index (κ2) is 6.03. The number of nitrogens with zero attached hydrogens (tertiary/aromatic N) is 2. The molecule has 3 rings (SSSR count). The van der Waals surface area contributed by atoms with E-state index in [4.69, 9.17) is 10.5 Å². The second-order valence-corrected chi connectivity index (χ2v) is 5.09. The summed E-state index contributed by atoms with van der Waals surface area (Å²) in [5.41, 5.74) is 7.92. The zero-order chi connectivity index (χ0) is 15.5. The number of nitrogens with two attached hydrogens (primary N) is 1. The molecule has 6 nitrogen and oxygen atoms in total. The average molecular weight is 299 g/mol. The standard InChI is InChI=1S/C16H17N3O3/c17-8-15(21)19-4-5-22-16-13(10-19)6-12(7-14(16)20)11-2-1-3-18-9-11/h1-3,6-7,9,20H,4-5,8,10,17H2. The second-order valence-electron chi connectivity index (χ2n) is 5.09. The summed E-state index contributed by atoms with van der Waals surface area (Å²) >= 11 is 0. The van der Waals surface area contributed by atoms with E-state index in [1.165, 1.54) is 0 Å². The number of hydrogen-bond donors (Lipinski definition) is 2. The minimum atomic E-state index is -0.136. The molecule has 0 saturated carbocycles. The third kappa shape index (κ3) is 2.73. The third-order valence-corrected chi connectivity index (χ3v) is 3.64. The maximum atomic E-state index is 11.8. The Morgan fingerprint density at radius 1 is 1.41 bits per heavy atom. The molecule has 1 aliphatic rings. The van der Waals surface area contributed by atoms with Gasteiger partial charge in [-0.05, 0) is 23.8 Å². The average Bonchev–Trinajstić information content (AvgIpc) is 2.77. The van der Waals surface area contributed by atoms with E-state index in [1.807, 2.05) is 18.2 Å². The van der Waals surface area contributed by atoms with Crippen molar-refractivity contribution in [3.8, 4) is 22.6 Å². The van der Waals surface area contributed by atoms with Crippen molar-refractivity contribution in [2.24, 2.45) is 5.73 Å². The van der Waals surface area contributed by atoms with Gasteiger partial charge >= 0.3 is 0 Å². The first-order chi connectivity index (χ1) is 10.7. The van der Waals surface area contributed by atoms with Crippen LogP contribution in [-0.2, 0) is 11.3 Å². The lowest BCUT2D eigenvalue weighted by Crippen LogP contribution is -2.36. The van der Waals surface area contributed by atoms with Gasteiger partial charge in [0, 0.05) is 30.1 Å². The smallest absolute Gasteiger partial charge is 0.236 e. The molecule has 0 spiro atoms.